The number of Topliss-reactive ketones (excluding diaryl/α,β-unsaturated/α-hetero) is 1. The molecule has 0 N–H and O–H groups in total. The third kappa shape index (κ3) is 4.19. The zero-order valence-electron chi connectivity index (χ0n) is 14.9. The molecule has 136 valence electrons. The van der Waals surface area contributed by atoms with E-state index in [0.29, 0.717) is 17.7 Å². The number of aryl methyl sites for hydroxylation is 2. The maximum absolute atomic E-state index is 12.2. The fraction of sp³-hybridized carbons (Fsp3) is 0.350. The number of benzene rings is 1. The zero-order chi connectivity index (χ0) is 18.7. The molecule has 1 amide bonds. The van der Waals surface area contributed by atoms with Crippen LogP contribution in [0.2, 0.25) is 0 Å². The second-order valence-electron chi connectivity index (χ2n) is 6.37. The summed E-state index contributed by atoms with van der Waals surface area (Å²) in [5, 5.41) is 0. The molecule has 1 aromatic carbocycles. The van der Waals surface area contributed by atoms with Crippen LogP contribution in [0.5, 0.6) is 5.75 Å². The molecular formula is C20H21NO4S. The minimum absolute atomic E-state index is 0.0355. The number of anilines is 1. The topological polar surface area (TPSA) is 63.7 Å². The number of ketones is 1. The standard InChI is InChI=1S/C20H21NO4S/c1-13-12-17(14(2)26-13)18(22)9-10-20(24)25-16-7-5-15(6-8-16)21-11-3-4-19(21)23/h5-8,12H,3-4,9-11H2,1-2H3. The Kier molecular flexibility index (Phi) is 5.52. The van der Waals surface area contributed by atoms with Gasteiger partial charge < -0.3 is 9.64 Å². The van der Waals surface area contributed by atoms with Crippen molar-refractivity contribution in [1.82, 2.24) is 0 Å². The molecule has 26 heavy (non-hydrogen) atoms. The third-order valence-corrected chi connectivity index (χ3v) is 5.32. The lowest BCUT2D eigenvalue weighted by Crippen LogP contribution is -2.23. The number of esters is 1. The van der Waals surface area contributed by atoms with Gasteiger partial charge in [0.2, 0.25) is 5.91 Å². The van der Waals surface area contributed by atoms with Crippen molar-refractivity contribution in [3.63, 3.8) is 0 Å². The summed E-state index contributed by atoms with van der Waals surface area (Å²) >= 11 is 1.58. The molecule has 0 saturated carbocycles. The highest BCUT2D eigenvalue weighted by molar-refractivity contribution is 7.12. The van der Waals surface area contributed by atoms with Gasteiger partial charge >= 0.3 is 5.97 Å². The predicted octanol–water partition coefficient (Wildman–Crippen LogP) is 4.06. The zero-order valence-corrected chi connectivity index (χ0v) is 15.7. The van der Waals surface area contributed by atoms with E-state index in [1.54, 1.807) is 40.5 Å². The molecular weight excluding hydrogens is 350 g/mol. The molecule has 1 saturated heterocycles. The van der Waals surface area contributed by atoms with E-state index < -0.39 is 5.97 Å². The molecule has 5 nitrogen and oxygen atoms in total. The summed E-state index contributed by atoms with van der Waals surface area (Å²) in [4.78, 5) is 39.8. The van der Waals surface area contributed by atoms with Crippen molar-refractivity contribution in [1.29, 1.82) is 0 Å². The minimum atomic E-state index is -0.437. The first kappa shape index (κ1) is 18.3. The van der Waals surface area contributed by atoms with Crippen LogP contribution in [-0.2, 0) is 9.59 Å². The highest BCUT2D eigenvalue weighted by Crippen LogP contribution is 2.25. The minimum Gasteiger partial charge on any atom is -0.427 e. The molecule has 3 rings (SSSR count). The number of hydrogen-bond acceptors (Lipinski definition) is 5. The number of amides is 1. The van der Waals surface area contributed by atoms with Crippen LogP contribution >= 0.6 is 11.3 Å². The lowest BCUT2D eigenvalue weighted by molar-refractivity contribution is -0.134. The van der Waals surface area contributed by atoms with Crippen molar-refractivity contribution < 1.29 is 19.1 Å². The molecule has 0 atom stereocenters. The lowest BCUT2D eigenvalue weighted by atomic mass is 10.1. The van der Waals surface area contributed by atoms with Crippen LogP contribution in [0.25, 0.3) is 0 Å². The van der Waals surface area contributed by atoms with Crippen LogP contribution in [0.4, 0.5) is 5.69 Å². The van der Waals surface area contributed by atoms with Gasteiger partial charge in [-0.25, -0.2) is 0 Å². The second-order valence-corrected chi connectivity index (χ2v) is 7.83. The highest BCUT2D eigenvalue weighted by atomic mass is 32.1. The molecule has 1 aliphatic heterocycles. The van der Waals surface area contributed by atoms with Crippen LogP contribution in [-0.4, -0.2) is 24.2 Å². The first-order valence-electron chi connectivity index (χ1n) is 8.65. The fourth-order valence-electron chi connectivity index (χ4n) is 3.06. The Labute approximate surface area is 156 Å². The smallest absolute Gasteiger partial charge is 0.311 e. The molecule has 2 aromatic rings. The van der Waals surface area contributed by atoms with Gasteiger partial charge in [-0.1, -0.05) is 0 Å². The number of thiophene rings is 1. The molecule has 0 radical (unpaired) electrons. The Bertz CT molecular complexity index is 838. The summed E-state index contributed by atoms with van der Waals surface area (Å²) in [6, 6.07) is 8.76. The van der Waals surface area contributed by atoms with Gasteiger partial charge in [-0.2, -0.15) is 0 Å². The van der Waals surface area contributed by atoms with Crippen molar-refractivity contribution >= 4 is 34.7 Å². The Morgan fingerprint density at radius 2 is 1.88 bits per heavy atom. The number of rotatable bonds is 6. The van der Waals surface area contributed by atoms with Gasteiger partial charge in [0.1, 0.15) is 5.75 Å². The van der Waals surface area contributed by atoms with Gasteiger partial charge in [-0.15, -0.1) is 11.3 Å². The number of hydrogen-bond donors (Lipinski definition) is 0. The van der Waals surface area contributed by atoms with Gasteiger partial charge in [0.25, 0.3) is 0 Å². The van der Waals surface area contributed by atoms with Crippen molar-refractivity contribution in [2.24, 2.45) is 0 Å². The largest absolute Gasteiger partial charge is 0.427 e. The van der Waals surface area contributed by atoms with Gasteiger partial charge in [-0.3, -0.25) is 14.4 Å². The molecule has 1 aliphatic rings. The summed E-state index contributed by atoms with van der Waals surface area (Å²) in [5.41, 5.74) is 1.51. The molecule has 0 spiro atoms. The lowest BCUT2D eigenvalue weighted by Gasteiger charge is -2.15. The molecule has 0 unspecified atom stereocenters. The van der Waals surface area contributed by atoms with Gasteiger partial charge in [-0.05, 0) is 50.6 Å². The van der Waals surface area contributed by atoms with E-state index in [-0.39, 0.29) is 24.5 Å². The summed E-state index contributed by atoms with van der Waals surface area (Å²) in [7, 11) is 0. The number of nitrogens with zero attached hydrogens (tertiary/aromatic N) is 1. The number of carbonyl (C=O) groups is 3. The first-order valence-corrected chi connectivity index (χ1v) is 9.47. The van der Waals surface area contributed by atoms with Crippen LogP contribution in [0.1, 0.15) is 45.8 Å². The quantitative estimate of drug-likeness (QED) is 0.436. The SMILES string of the molecule is Cc1cc(C(=O)CCC(=O)Oc2ccc(N3CCCC3=O)cc2)c(C)s1. The van der Waals surface area contributed by atoms with Crippen LogP contribution in [0, 0.1) is 13.8 Å². The monoisotopic (exact) mass is 371 g/mol. The van der Waals surface area contributed by atoms with Gasteiger partial charge in [0, 0.05) is 40.4 Å². The van der Waals surface area contributed by atoms with Crippen molar-refractivity contribution in [2.45, 2.75) is 39.5 Å². The molecule has 6 heteroatoms. The summed E-state index contributed by atoms with van der Waals surface area (Å²) < 4.78 is 5.29. The van der Waals surface area contributed by atoms with Crippen LogP contribution < -0.4 is 9.64 Å². The Balaban J connectivity index is 1.52. The summed E-state index contributed by atoms with van der Waals surface area (Å²) in [6.07, 6.45) is 1.62. The van der Waals surface area contributed by atoms with Crippen molar-refractivity contribution in [3.05, 3.63) is 45.6 Å². The maximum atomic E-state index is 12.2. The second kappa shape index (κ2) is 7.83. The molecule has 1 aromatic heterocycles. The van der Waals surface area contributed by atoms with Gasteiger partial charge in [0.05, 0.1) is 6.42 Å². The summed E-state index contributed by atoms with van der Waals surface area (Å²) in [6.45, 7) is 4.60. The van der Waals surface area contributed by atoms with Crippen molar-refractivity contribution in [3.8, 4) is 5.75 Å². The average molecular weight is 371 g/mol. The maximum Gasteiger partial charge on any atom is 0.311 e. The molecule has 0 bridgehead atoms. The van der Waals surface area contributed by atoms with Crippen LogP contribution in [0.3, 0.4) is 0 Å². The molecule has 2 heterocycles. The highest BCUT2D eigenvalue weighted by Gasteiger charge is 2.21. The first-order chi connectivity index (χ1) is 12.4. The van der Waals surface area contributed by atoms with E-state index in [1.807, 2.05) is 19.9 Å². The van der Waals surface area contributed by atoms with Gasteiger partial charge in [0.15, 0.2) is 5.78 Å². The predicted molar refractivity (Wildman–Crippen MR) is 101 cm³/mol. The number of carbonyl (C=O) groups excluding carboxylic acids is 3. The normalized spacial score (nSPS) is 13.9. The Morgan fingerprint density at radius 3 is 2.46 bits per heavy atom. The summed E-state index contributed by atoms with van der Waals surface area (Å²) in [5.74, 6) is 0.0623. The van der Waals surface area contributed by atoms with Crippen LogP contribution in [0.15, 0.2) is 30.3 Å². The van der Waals surface area contributed by atoms with E-state index in [4.69, 9.17) is 4.74 Å². The third-order valence-electron chi connectivity index (χ3n) is 4.35. The van der Waals surface area contributed by atoms with E-state index >= 15 is 0 Å². The Morgan fingerprint density at radius 1 is 1.15 bits per heavy atom. The van der Waals surface area contributed by atoms with E-state index in [0.717, 1.165) is 28.4 Å². The number of ether oxygens (including phenoxy) is 1. The van der Waals surface area contributed by atoms with E-state index in [2.05, 4.69) is 0 Å². The average Bonchev–Trinajstić information content (AvgIpc) is 3.18. The van der Waals surface area contributed by atoms with E-state index in [9.17, 15) is 14.4 Å². The fourth-order valence-corrected chi connectivity index (χ4v) is 4.00. The molecule has 0 aliphatic carbocycles. The molecule has 1 fully saturated rings. The van der Waals surface area contributed by atoms with E-state index in [1.165, 1.54) is 0 Å². The van der Waals surface area contributed by atoms with Crippen molar-refractivity contribution in [2.75, 3.05) is 11.4 Å². The Hall–Kier alpha value is -2.47.